The molecule has 0 spiro atoms. The maximum absolute atomic E-state index is 13.9. The predicted octanol–water partition coefficient (Wildman–Crippen LogP) is 3.48. The van der Waals surface area contributed by atoms with Gasteiger partial charge in [0.25, 0.3) is 0 Å². The molecule has 0 fully saturated rings. The van der Waals surface area contributed by atoms with Crippen LogP contribution in [0.4, 0.5) is 4.39 Å². The van der Waals surface area contributed by atoms with Crippen LogP contribution in [0.1, 0.15) is 36.8 Å². The molecule has 1 aromatic heterocycles. The molecular weight excluding hydrogens is 259 g/mol. The minimum absolute atomic E-state index is 0.269. The fourth-order valence-corrected chi connectivity index (χ4v) is 1.87. The maximum atomic E-state index is 13.9. The molecule has 1 N–H and O–H groups in total. The smallest absolute Gasteiger partial charge is 0.342 e. The van der Waals surface area contributed by atoms with Gasteiger partial charge in [0.15, 0.2) is 0 Å². The van der Waals surface area contributed by atoms with E-state index in [1.165, 1.54) is 6.07 Å². The molecular formula is C15H17FN2O2. The van der Waals surface area contributed by atoms with Crippen LogP contribution in [-0.2, 0) is 4.74 Å². The summed E-state index contributed by atoms with van der Waals surface area (Å²) in [6, 6.07) is 6.23. The first kappa shape index (κ1) is 14.2. The molecule has 0 aliphatic carbocycles. The quantitative estimate of drug-likeness (QED) is 0.854. The molecule has 0 amide bonds. The van der Waals surface area contributed by atoms with E-state index in [2.05, 4.69) is 10.2 Å². The van der Waals surface area contributed by atoms with Crippen molar-refractivity contribution in [3.63, 3.8) is 0 Å². The van der Waals surface area contributed by atoms with E-state index in [1.54, 1.807) is 45.9 Å². The van der Waals surface area contributed by atoms with Gasteiger partial charge in [-0.3, -0.25) is 5.10 Å². The maximum Gasteiger partial charge on any atom is 0.342 e. The van der Waals surface area contributed by atoms with Crippen LogP contribution < -0.4 is 0 Å². The Balaban J connectivity index is 2.48. The highest BCUT2D eigenvalue weighted by atomic mass is 19.1. The van der Waals surface area contributed by atoms with Gasteiger partial charge in [0.1, 0.15) is 17.0 Å². The molecule has 0 saturated heterocycles. The second-order valence-corrected chi connectivity index (χ2v) is 5.54. The molecule has 0 atom stereocenters. The standard InChI is InChI=1S/C15H17FN2O2/c1-9-12(14(19)20-15(2,3)4)13(18-17-9)10-7-5-6-8-11(10)16/h5-8H,1-4H3,(H,17,18). The van der Waals surface area contributed by atoms with Crippen LogP contribution in [0.2, 0.25) is 0 Å². The summed E-state index contributed by atoms with van der Waals surface area (Å²) in [5.41, 5.74) is 0.777. The lowest BCUT2D eigenvalue weighted by Crippen LogP contribution is -2.24. The lowest BCUT2D eigenvalue weighted by Gasteiger charge is -2.19. The third-order valence-electron chi connectivity index (χ3n) is 2.69. The normalized spacial score (nSPS) is 11.4. The van der Waals surface area contributed by atoms with Gasteiger partial charge in [-0.25, -0.2) is 9.18 Å². The number of aromatic nitrogens is 2. The topological polar surface area (TPSA) is 55.0 Å². The molecule has 1 aromatic carbocycles. The number of hydrogen-bond acceptors (Lipinski definition) is 3. The molecule has 0 saturated carbocycles. The number of esters is 1. The first-order valence-electron chi connectivity index (χ1n) is 6.33. The first-order chi connectivity index (χ1) is 9.29. The number of nitrogens with one attached hydrogen (secondary N) is 1. The molecule has 0 aliphatic rings. The van der Waals surface area contributed by atoms with Crippen molar-refractivity contribution >= 4 is 5.97 Å². The van der Waals surface area contributed by atoms with Crippen molar-refractivity contribution in [2.75, 3.05) is 0 Å². The molecule has 4 nitrogen and oxygen atoms in total. The van der Waals surface area contributed by atoms with E-state index in [0.29, 0.717) is 17.0 Å². The average Bonchev–Trinajstić information content (AvgIpc) is 2.69. The second-order valence-electron chi connectivity index (χ2n) is 5.54. The summed E-state index contributed by atoms with van der Waals surface area (Å²) in [7, 11) is 0. The second kappa shape index (κ2) is 5.07. The van der Waals surface area contributed by atoms with E-state index >= 15 is 0 Å². The highest BCUT2D eigenvalue weighted by Gasteiger charge is 2.25. The van der Waals surface area contributed by atoms with Gasteiger partial charge in [0, 0.05) is 5.56 Å². The Kier molecular flexibility index (Phi) is 3.61. The number of rotatable bonds is 2. The number of carbonyl (C=O) groups excluding carboxylic acids is 1. The monoisotopic (exact) mass is 276 g/mol. The van der Waals surface area contributed by atoms with E-state index in [4.69, 9.17) is 4.74 Å². The van der Waals surface area contributed by atoms with Crippen LogP contribution >= 0.6 is 0 Å². The Hall–Kier alpha value is -2.17. The zero-order chi connectivity index (χ0) is 14.9. The van der Waals surface area contributed by atoms with Gasteiger partial charge in [-0.05, 0) is 39.8 Å². The largest absolute Gasteiger partial charge is 0.456 e. The fraction of sp³-hybridized carbons (Fsp3) is 0.333. The van der Waals surface area contributed by atoms with Gasteiger partial charge in [-0.15, -0.1) is 0 Å². The van der Waals surface area contributed by atoms with Crippen LogP contribution in [0.3, 0.4) is 0 Å². The van der Waals surface area contributed by atoms with E-state index in [-0.39, 0.29) is 5.56 Å². The number of halogens is 1. The van der Waals surface area contributed by atoms with Crippen LogP contribution in [0, 0.1) is 12.7 Å². The number of hydrogen-bond donors (Lipinski definition) is 1. The number of ether oxygens (including phenoxy) is 1. The van der Waals surface area contributed by atoms with Gasteiger partial charge in [0.05, 0.1) is 11.4 Å². The van der Waals surface area contributed by atoms with E-state index in [0.717, 1.165) is 0 Å². The summed E-state index contributed by atoms with van der Waals surface area (Å²) in [6.45, 7) is 7.02. The summed E-state index contributed by atoms with van der Waals surface area (Å²) < 4.78 is 19.2. The Labute approximate surface area is 117 Å². The highest BCUT2D eigenvalue weighted by molar-refractivity contribution is 5.97. The van der Waals surface area contributed by atoms with Crippen molar-refractivity contribution < 1.29 is 13.9 Å². The lowest BCUT2D eigenvalue weighted by atomic mass is 10.1. The SMILES string of the molecule is Cc1n[nH]c(-c2ccccc2F)c1C(=O)OC(C)(C)C. The molecule has 106 valence electrons. The Morgan fingerprint density at radius 1 is 1.30 bits per heavy atom. The van der Waals surface area contributed by atoms with Gasteiger partial charge < -0.3 is 4.74 Å². The Morgan fingerprint density at radius 2 is 1.95 bits per heavy atom. The molecule has 2 aromatic rings. The number of aromatic amines is 1. The van der Waals surface area contributed by atoms with Crippen LogP contribution in [0.25, 0.3) is 11.3 Å². The highest BCUT2D eigenvalue weighted by Crippen LogP contribution is 2.27. The number of H-pyrrole nitrogens is 1. The van der Waals surface area contributed by atoms with Crippen molar-refractivity contribution in [1.29, 1.82) is 0 Å². The predicted molar refractivity (Wildman–Crippen MR) is 73.9 cm³/mol. The Morgan fingerprint density at radius 3 is 2.55 bits per heavy atom. The molecule has 0 unspecified atom stereocenters. The first-order valence-corrected chi connectivity index (χ1v) is 6.33. The molecule has 2 rings (SSSR count). The minimum Gasteiger partial charge on any atom is -0.456 e. The molecule has 20 heavy (non-hydrogen) atoms. The van der Waals surface area contributed by atoms with Crippen LogP contribution in [0.5, 0.6) is 0 Å². The van der Waals surface area contributed by atoms with E-state index in [9.17, 15) is 9.18 Å². The fourth-order valence-electron chi connectivity index (χ4n) is 1.87. The average molecular weight is 276 g/mol. The molecule has 0 bridgehead atoms. The minimum atomic E-state index is -0.618. The summed E-state index contributed by atoms with van der Waals surface area (Å²) >= 11 is 0. The van der Waals surface area contributed by atoms with Gasteiger partial charge >= 0.3 is 5.97 Å². The number of nitrogens with zero attached hydrogens (tertiary/aromatic N) is 1. The third-order valence-corrected chi connectivity index (χ3v) is 2.69. The van der Waals surface area contributed by atoms with Crippen molar-refractivity contribution in [3.05, 3.63) is 41.3 Å². The third kappa shape index (κ3) is 2.87. The summed E-state index contributed by atoms with van der Waals surface area (Å²) in [6.07, 6.45) is 0. The lowest BCUT2D eigenvalue weighted by molar-refractivity contribution is 0.00698. The Bertz CT molecular complexity index is 642. The number of aryl methyl sites for hydroxylation is 1. The van der Waals surface area contributed by atoms with Crippen molar-refractivity contribution in [2.45, 2.75) is 33.3 Å². The van der Waals surface area contributed by atoms with E-state index in [1.807, 2.05) is 0 Å². The zero-order valence-corrected chi connectivity index (χ0v) is 12.0. The molecule has 0 aliphatic heterocycles. The van der Waals surface area contributed by atoms with Crippen molar-refractivity contribution in [1.82, 2.24) is 10.2 Å². The summed E-state index contributed by atoms with van der Waals surface area (Å²) in [5.74, 6) is -0.928. The van der Waals surface area contributed by atoms with E-state index < -0.39 is 17.4 Å². The number of benzene rings is 1. The summed E-state index contributed by atoms with van der Waals surface area (Å²) in [4.78, 5) is 12.2. The van der Waals surface area contributed by atoms with Gasteiger partial charge in [-0.1, -0.05) is 12.1 Å². The number of carbonyl (C=O) groups is 1. The van der Waals surface area contributed by atoms with Crippen LogP contribution in [0.15, 0.2) is 24.3 Å². The zero-order valence-electron chi connectivity index (χ0n) is 12.0. The molecule has 0 radical (unpaired) electrons. The molecule has 5 heteroatoms. The van der Waals surface area contributed by atoms with Crippen LogP contribution in [-0.4, -0.2) is 21.8 Å². The van der Waals surface area contributed by atoms with Crippen molar-refractivity contribution in [2.24, 2.45) is 0 Å². The van der Waals surface area contributed by atoms with Gasteiger partial charge in [-0.2, -0.15) is 5.10 Å². The van der Waals surface area contributed by atoms with Crippen molar-refractivity contribution in [3.8, 4) is 11.3 Å². The van der Waals surface area contributed by atoms with Gasteiger partial charge in [0.2, 0.25) is 0 Å². The molecule has 1 heterocycles. The summed E-state index contributed by atoms with van der Waals surface area (Å²) in [5, 5.41) is 6.70.